The Labute approximate surface area is 163 Å². The van der Waals surface area contributed by atoms with Crippen molar-refractivity contribution in [1.29, 1.82) is 0 Å². The summed E-state index contributed by atoms with van der Waals surface area (Å²) in [6.45, 7) is 2.70. The van der Waals surface area contributed by atoms with Crippen molar-refractivity contribution in [2.75, 3.05) is 17.7 Å². The van der Waals surface area contributed by atoms with E-state index in [2.05, 4.69) is 11.9 Å². The summed E-state index contributed by atoms with van der Waals surface area (Å²) in [5.41, 5.74) is 1.47. The van der Waals surface area contributed by atoms with Crippen LogP contribution in [0.1, 0.15) is 19.8 Å². The number of hydrogen-bond acceptors (Lipinski definition) is 4. The molecule has 0 aliphatic carbocycles. The third-order valence-corrected chi connectivity index (χ3v) is 5.37. The highest BCUT2D eigenvalue weighted by molar-refractivity contribution is 7.99. The molecule has 0 bridgehead atoms. The fourth-order valence-electron chi connectivity index (χ4n) is 2.79. The normalized spacial score (nSPS) is 10.9. The highest BCUT2D eigenvalue weighted by atomic mass is 32.2. The second kappa shape index (κ2) is 8.86. The molecule has 0 fully saturated rings. The molecule has 5 nitrogen and oxygen atoms in total. The van der Waals surface area contributed by atoms with Crippen LogP contribution in [0.15, 0.2) is 64.5 Å². The Hall–Kier alpha value is -2.60. The Morgan fingerprint density at radius 2 is 1.81 bits per heavy atom. The maximum atomic E-state index is 12.9. The quantitative estimate of drug-likeness (QED) is 0.459. The van der Waals surface area contributed by atoms with Crippen LogP contribution >= 0.6 is 11.8 Å². The molecule has 0 saturated heterocycles. The molecule has 1 aromatic heterocycles. The van der Waals surface area contributed by atoms with Crippen LogP contribution in [0.4, 0.5) is 5.69 Å². The van der Waals surface area contributed by atoms with Gasteiger partial charge in [0.25, 0.3) is 5.56 Å². The van der Waals surface area contributed by atoms with Gasteiger partial charge in [-0.25, -0.2) is 4.98 Å². The molecule has 3 rings (SSSR count). The number of para-hydroxylation sites is 2. The maximum absolute atomic E-state index is 12.9. The maximum Gasteiger partial charge on any atom is 0.262 e. The van der Waals surface area contributed by atoms with E-state index in [-0.39, 0.29) is 17.2 Å². The van der Waals surface area contributed by atoms with Crippen molar-refractivity contribution in [2.24, 2.45) is 0 Å². The lowest BCUT2D eigenvalue weighted by atomic mass is 10.2. The fraction of sp³-hybridized carbons (Fsp3) is 0.286. The molecule has 3 aromatic rings. The van der Waals surface area contributed by atoms with E-state index in [1.807, 2.05) is 48.5 Å². The first kappa shape index (κ1) is 19.2. The molecule has 27 heavy (non-hydrogen) atoms. The van der Waals surface area contributed by atoms with Crippen molar-refractivity contribution in [3.63, 3.8) is 0 Å². The van der Waals surface area contributed by atoms with E-state index >= 15 is 0 Å². The Balaban J connectivity index is 1.85. The Bertz CT molecular complexity index is 986. The summed E-state index contributed by atoms with van der Waals surface area (Å²) in [5.74, 6) is 0.193. The van der Waals surface area contributed by atoms with Crippen molar-refractivity contribution < 1.29 is 4.79 Å². The molecular weight excluding hydrogens is 358 g/mol. The Morgan fingerprint density at radius 1 is 1.11 bits per heavy atom. The number of aromatic nitrogens is 2. The molecule has 0 saturated carbocycles. The van der Waals surface area contributed by atoms with E-state index < -0.39 is 0 Å². The van der Waals surface area contributed by atoms with Crippen LogP contribution in [0, 0.1) is 0 Å². The Kier molecular flexibility index (Phi) is 6.29. The van der Waals surface area contributed by atoms with Crippen molar-refractivity contribution in [3.8, 4) is 0 Å². The van der Waals surface area contributed by atoms with Gasteiger partial charge in [-0.3, -0.25) is 14.2 Å². The van der Waals surface area contributed by atoms with Crippen molar-refractivity contribution in [3.05, 3.63) is 65.0 Å². The van der Waals surface area contributed by atoms with Gasteiger partial charge in [-0.05, 0) is 30.7 Å². The number of thioether (sulfide) groups is 1. The van der Waals surface area contributed by atoms with Crippen LogP contribution in [0.3, 0.4) is 0 Å². The number of carbonyl (C=O) groups is 1. The third kappa shape index (κ3) is 4.39. The highest BCUT2D eigenvalue weighted by Crippen LogP contribution is 2.20. The van der Waals surface area contributed by atoms with E-state index in [1.165, 1.54) is 11.8 Å². The minimum Gasteiger partial charge on any atom is -0.315 e. The molecule has 0 spiro atoms. The molecule has 1 heterocycles. The SMILES string of the molecule is CCCCn1c(SCC(=O)N(C)c2ccccc2)nc2ccccc2c1=O. The molecular formula is C21H23N3O2S. The van der Waals surface area contributed by atoms with Gasteiger partial charge < -0.3 is 4.90 Å². The van der Waals surface area contributed by atoms with Gasteiger partial charge in [-0.2, -0.15) is 0 Å². The highest BCUT2D eigenvalue weighted by Gasteiger charge is 2.15. The Morgan fingerprint density at radius 3 is 2.56 bits per heavy atom. The summed E-state index contributed by atoms with van der Waals surface area (Å²) < 4.78 is 1.70. The van der Waals surface area contributed by atoms with Crippen LogP contribution in [-0.2, 0) is 11.3 Å². The number of hydrogen-bond donors (Lipinski definition) is 0. The predicted octanol–water partition coefficient (Wildman–Crippen LogP) is 3.95. The van der Waals surface area contributed by atoms with E-state index in [0.29, 0.717) is 22.6 Å². The van der Waals surface area contributed by atoms with Gasteiger partial charge in [0.05, 0.1) is 16.7 Å². The first-order chi connectivity index (χ1) is 13.1. The third-order valence-electron chi connectivity index (χ3n) is 4.40. The smallest absolute Gasteiger partial charge is 0.262 e. The number of amides is 1. The number of benzene rings is 2. The van der Waals surface area contributed by atoms with Crippen LogP contribution in [0.25, 0.3) is 10.9 Å². The van der Waals surface area contributed by atoms with E-state index in [0.717, 1.165) is 18.5 Å². The number of nitrogens with zero attached hydrogens (tertiary/aromatic N) is 3. The van der Waals surface area contributed by atoms with Crippen molar-refractivity contribution in [1.82, 2.24) is 9.55 Å². The average molecular weight is 382 g/mol. The molecule has 0 radical (unpaired) electrons. The molecule has 0 unspecified atom stereocenters. The van der Waals surface area contributed by atoms with E-state index in [9.17, 15) is 9.59 Å². The van der Waals surface area contributed by atoms with Crippen LogP contribution in [-0.4, -0.2) is 28.3 Å². The lowest BCUT2D eigenvalue weighted by molar-refractivity contribution is -0.115. The second-order valence-corrected chi connectivity index (χ2v) is 7.24. The summed E-state index contributed by atoms with van der Waals surface area (Å²) in [6, 6.07) is 16.9. The average Bonchev–Trinajstić information content (AvgIpc) is 2.71. The molecule has 0 aliphatic rings. The predicted molar refractivity (Wildman–Crippen MR) is 111 cm³/mol. The largest absolute Gasteiger partial charge is 0.315 e. The monoisotopic (exact) mass is 381 g/mol. The van der Waals surface area contributed by atoms with E-state index in [4.69, 9.17) is 0 Å². The molecule has 0 atom stereocenters. The van der Waals surface area contributed by atoms with Gasteiger partial charge in [0.15, 0.2) is 5.16 Å². The van der Waals surface area contributed by atoms with Gasteiger partial charge in [0, 0.05) is 19.3 Å². The zero-order valence-corrected chi connectivity index (χ0v) is 16.4. The molecule has 6 heteroatoms. The standard InChI is InChI=1S/C21H23N3O2S/c1-3-4-14-24-20(26)17-12-8-9-13-18(17)22-21(24)27-15-19(25)23(2)16-10-6-5-7-11-16/h5-13H,3-4,14-15H2,1-2H3. The number of carbonyl (C=O) groups excluding carboxylic acids is 1. The topological polar surface area (TPSA) is 55.2 Å². The lowest BCUT2D eigenvalue weighted by Crippen LogP contribution is -2.29. The summed E-state index contributed by atoms with van der Waals surface area (Å²) in [7, 11) is 1.76. The number of fused-ring (bicyclic) bond motifs is 1. The molecule has 0 aliphatic heterocycles. The van der Waals surface area contributed by atoms with Gasteiger partial charge in [0.2, 0.25) is 5.91 Å². The van der Waals surface area contributed by atoms with Gasteiger partial charge in [0.1, 0.15) is 0 Å². The van der Waals surface area contributed by atoms with Crippen LogP contribution < -0.4 is 10.5 Å². The van der Waals surface area contributed by atoms with Crippen molar-refractivity contribution in [2.45, 2.75) is 31.5 Å². The summed E-state index contributed by atoms with van der Waals surface area (Å²) in [5, 5.41) is 1.22. The van der Waals surface area contributed by atoms with E-state index in [1.54, 1.807) is 22.6 Å². The fourth-order valence-corrected chi connectivity index (χ4v) is 3.73. The van der Waals surface area contributed by atoms with Crippen molar-refractivity contribution >= 4 is 34.3 Å². The van der Waals surface area contributed by atoms with Gasteiger partial charge >= 0.3 is 0 Å². The number of anilines is 1. The molecule has 1 amide bonds. The minimum absolute atomic E-state index is 0.0318. The zero-order valence-electron chi connectivity index (χ0n) is 15.6. The molecule has 2 aromatic carbocycles. The lowest BCUT2D eigenvalue weighted by Gasteiger charge is -2.18. The molecule has 140 valence electrons. The summed E-state index contributed by atoms with van der Waals surface area (Å²) in [6.07, 6.45) is 1.88. The molecule has 0 N–H and O–H groups in total. The number of unbranched alkanes of at least 4 members (excludes halogenated alkanes) is 1. The summed E-state index contributed by atoms with van der Waals surface area (Å²) in [4.78, 5) is 31.7. The summed E-state index contributed by atoms with van der Waals surface area (Å²) >= 11 is 1.32. The minimum atomic E-state index is -0.0413. The second-order valence-electron chi connectivity index (χ2n) is 6.30. The van der Waals surface area contributed by atoms with Gasteiger partial charge in [-0.15, -0.1) is 0 Å². The number of rotatable bonds is 7. The zero-order chi connectivity index (χ0) is 19.2. The van der Waals surface area contributed by atoms with Crippen LogP contribution in [0.2, 0.25) is 0 Å². The first-order valence-corrected chi connectivity index (χ1v) is 10.0. The van der Waals surface area contributed by atoms with Crippen LogP contribution in [0.5, 0.6) is 0 Å². The first-order valence-electron chi connectivity index (χ1n) is 9.05. The van der Waals surface area contributed by atoms with Gasteiger partial charge in [-0.1, -0.05) is 55.4 Å².